The van der Waals surface area contributed by atoms with Crippen molar-refractivity contribution in [3.05, 3.63) is 75.9 Å². The molecule has 148 valence electrons. The predicted octanol–water partition coefficient (Wildman–Crippen LogP) is 4.29. The monoisotopic (exact) mass is 399 g/mol. The van der Waals surface area contributed by atoms with Crippen LogP contribution in [-0.4, -0.2) is 35.0 Å². The molecule has 0 aliphatic carbocycles. The summed E-state index contributed by atoms with van der Waals surface area (Å²) < 4.78 is 11.2. The number of aliphatic hydroxyl groups is 1. The summed E-state index contributed by atoms with van der Waals surface area (Å²) in [5.41, 5.74) is 0.642. The summed E-state index contributed by atoms with van der Waals surface area (Å²) in [5.74, 6) is 1.51. The first-order valence-corrected chi connectivity index (χ1v) is 10.0. The number of carbonyl (C=O) groups is 1. The highest BCUT2D eigenvalue weighted by Crippen LogP contribution is 2.19. The number of aryl methyl sites for hydroxylation is 1. The minimum Gasteiger partial charge on any atom is -0.491 e. The van der Waals surface area contributed by atoms with E-state index < -0.39 is 6.10 Å². The van der Waals surface area contributed by atoms with Crippen molar-refractivity contribution in [3.63, 3.8) is 0 Å². The number of hydrogen-bond donors (Lipinski definition) is 1. The highest BCUT2D eigenvalue weighted by molar-refractivity contribution is 7.11. The average molecular weight is 400 g/mol. The minimum atomic E-state index is -0.650. The van der Waals surface area contributed by atoms with Crippen LogP contribution in [0.15, 0.2) is 59.2 Å². The van der Waals surface area contributed by atoms with E-state index in [9.17, 15) is 9.90 Å². The third-order valence-electron chi connectivity index (χ3n) is 4.31. The molecule has 0 bridgehead atoms. The SMILES string of the molecule is CC(=O)c1ccc(OCC(O)CN(Cc2ccco2)Cc2ccc(C)s2)cc1. The molecule has 0 spiro atoms. The first-order valence-electron chi connectivity index (χ1n) is 9.21. The number of thiophene rings is 1. The maximum absolute atomic E-state index is 11.3. The largest absolute Gasteiger partial charge is 0.491 e. The van der Waals surface area contributed by atoms with Crippen molar-refractivity contribution in [3.8, 4) is 5.75 Å². The summed E-state index contributed by atoms with van der Waals surface area (Å²) in [7, 11) is 0. The van der Waals surface area contributed by atoms with Gasteiger partial charge in [0.05, 0.1) is 12.8 Å². The maximum atomic E-state index is 11.3. The standard InChI is InChI=1S/C22H25NO4S/c1-16-5-10-22(28-16)14-23(13-21-4-3-11-26-21)12-19(25)15-27-20-8-6-18(7-9-20)17(2)24/h3-11,19,25H,12-15H2,1-2H3. The Hall–Kier alpha value is -2.41. The summed E-state index contributed by atoms with van der Waals surface area (Å²) in [4.78, 5) is 16.0. The van der Waals surface area contributed by atoms with Gasteiger partial charge in [-0.2, -0.15) is 0 Å². The topological polar surface area (TPSA) is 62.9 Å². The molecule has 0 radical (unpaired) electrons. The third kappa shape index (κ3) is 6.05. The predicted molar refractivity (Wildman–Crippen MR) is 110 cm³/mol. The summed E-state index contributed by atoms with van der Waals surface area (Å²) in [6.07, 6.45) is 1.01. The Balaban J connectivity index is 1.56. The van der Waals surface area contributed by atoms with E-state index in [2.05, 4.69) is 24.0 Å². The van der Waals surface area contributed by atoms with E-state index in [0.717, 1.165) is 12.3 Å². The molecule has 0 saturated heterocycles. The van der Waals surface area contributed by atoms with Gasteiger partial charge in [-0.05, 0) is 62.4 Å². The molecular formula is C22H25NO4S. The maximum Gasteiger partial charge on any atom is 0.159 e. The highest BCUT2D eigenvalue weighted by Gasteiger charge is 2.16. The van der Waals surface area contributed by atoms with Crippen molar-refractivity contribution in [2.45, 2.75) is 33.0 Å². The lowest BCUT2D eigenvalue weighted by molar-refractivity contribution is 0.0608. The molecule has 0 aliphatic rings. The van der Waals surface area contributed by atoms with Crippen molar-refractivity contribution in [2.24, 2.45) is 0 Å². The van der Waals surface area contributed by atoms with Gasteiger partial charge < -0.3 is 14.3 Å². The first kappa shape index (κ1) is 20.3. The van der Waals surface area contributed by atoms with Crippen LogP contribution < -0.4 is 4.74 Å². The van der Waals surface area contributed by atoms with Crippen LogP contribution in [0.3, 0.4) is 0 Å². The van der Waals surface area contributed by atoms with Crippen molar-refractivity contribution in [1.29, 1.82) is 0 Å². The molecule has 2 heterocycles. The molecule has 0 fully saturated rings. The van der Waals surface area contributed by atoms with Gasteiger partial charge in [0.2, 0.25) is 0 Å². The molecule has 1 aromatic carbocycles. The molecule has 0 aliphatic heterocycles. The Kier molecular flexibility index (Phi) is 7.03. The van der Waals surface area contributed by atoms with Crippen molar-refractivity contribution < 1.29 is 19.1 Å². The summed E-state index contributed by atoms with van der Waals surface area (Å²) >= 11 is 1.76. The zero-order valence-corrected chi connectivity index (χ0v) is 16.9. The van der Waals surface area contributed by atoms with Crippen LogP contribution in [0.5, 0.6) is 5.75 Å². The summed E-state index contributed by atoms with van der Waals surface area (Å²) in [6, 6.07) is 15.0. The molecule has 3 aromatic rings. The van der Waals surface area contributed by atoms with E-state index in [0.29, 0.717) is 24.4 Å². The molecule has 6 heteroatoms. The van der Waals surface area contributed by atoms with Gasteiger partial charge in [0.25, 0.3) is 0 Å². The number of ether oxygens (including phenoxy) is 1. The second-order valence-electron chi connectivity index (χ2n) is 6.81. The molecule has 5 nitrogen and oxygen atoms in total. The lowest BCUT2D eigenvalue weighted by Gasteiger charge is -2.24. The quantitative estimate of drug-likeness (QED) is 0.515. The van der Waals surface area contributed by atoms with Crippen LogP contribution in [0.2, 0.25) is 0 Å². The number of nitrogens with zero attached hydrogens (tertiary/aromatic N) is 1. The second-order valence-corrected chi connectivity index (χ2v) is 8.18. The Morgan fingerprint density at radius 2 is 1.96 bits per heavy atom. The molecule has 0 saturated carbocycles. The zero-order valence-electron chi connectivity index (χ0n) is 16.1. The number of furan rings is 1. The number of benzene rings is 1. The third-order valence-corrected chi connectivity index (χ3v) is 5.29. The molecule has 1 N–H and O–H groups in total. The number of ketones is 1. The zero-order chi connectivity index (χ0) is 19.9. The fraction of sp³-hybridized carbons (Fsp3) is 0.318. The lowest BCUT2D eigenvalue weighted by atomic mass is 10.1. The highest BCUT2D eigenvalue weighted by atomic mass is 32.1. The molecule has 1 atom stereocenters. The number of carbonyl (C=O) groups excluding carboxylic acids is 1. The molecule has 3 rings (SSSR count). The molecule has 0 amide bonds. The number of rotatable bonds is 10. The van der Waals surface area contributed by atoms with Gasteiger partial charge in [-0.25, -0.2) is 0 Å². The van der Waals surface area contributed by atoms with Crippen LogP contribution in [0.1, 0.15) is 32.8 Å². The molecule has 1 unspecified atom stereocenters. The smallest absolute Gasteiger partial charge is 0.159 e. The lowest BCUT2D eigenvalue weighted by Crippen LogP contribution is -2.34. The number of hydrogen-bond acceptors (Lipinski definition) is 6. The Labute approximate surface area is 169 Å². The van der Waals surface area contributed by atoms with Crippen molar-refractivity contribution in [1.82, 2.24) is 4.90 Å². The van der Waals surface area contributed by atoms with Gasteiger partial charge in [-0.1, -0.05) is 0 Å². The molecule has 2 aromatic heterocycles. The van der Waals surface area contributed by atoms with Crippen LogP contribution in [-0.2, 0) is 13.1 Å². The normalized spacial score (nSPS) is 12.3. The van der Waals surface area contributed by atoms with Gasteiger partial charge in [0, 0.05) is 28.4 Å². The van der Waals surface area contributed by atoms with Gasteiger partial charge in [-0.3, -0.25) is 9.69 Å². The van der Waals surface area contributed by atoms with E-state index in [4.69, 9.17) is 9.15 Å². The van der Waals surface area contributed by atoms with Crippen LogP contribution >= 0.6 is 11.3 Å². The first-order chi connectivity index (χ1) is 13.5. The fourth-order valence-corrected chi connectivity index (χ4v) is 3.86. The second kappa shape index (κ2) is 9.68. The Morgan fingerprint density at radius 3 is 2.57 bits per heavy atom. The van der Waals surface area contributed by atoms with Gasteiger partial charge >= 0.3 is 0 Å². The van der Waals surface area contributed by atoms with E-state index in [-0.39, 0.29) is 12.4 Å². The van der Waals surface area contributed by atoms with Crippen LogP contribution in [0, 0.1) is 6.92 Å². The van der Waals surface area contributed by atoms with Crippen molar-refractivity contribution >= 4 is 17.1 Å². The fourth-order valence-electron chi connectivity index (χ4n) is 2.93. The van der Waals surface area contributed by atoms with Gasteiger partial charge in [-0.15, -0.1) is 11.3 Å². The van der Waals surface area contributed by atoms with E-state index in [1.165, 1.54) is 16.7 Å². The van der Waals surface area contributed by atoms with E-state index in [1.54, 1.807) is 41.9 Å². The van der Waals surface area contributed by atoms with Crippen molar-refractivity contribution in [2.75, 3.05) is 13.2 Å². The summed E-state index contributed by atoms with van der Waals surface area (Å²) in [6.45, 7) is 5.62. The number of aliphatic hydroxyl groups excluding tert-OH is 1. The Bertz CT molecular complexity index is 870. The minimum absolute atomic E-state index is 0.0176. The van der Waals surface area contributed by atoms with E-state index in [1.807, 2.05) is 12.1 Å². The molecular weight excluding hydrogens is 374 g/mol. The Morgan fingerprint density at radius 1 is 1.18 bits per heavy atom. The van der Waals surface area contributed by atoms with E-state index >= 15 is 0 Å². The molecule has 28 heavy (non-hydrogen) atoms. The average Bonchev–Trinajstić information content (AvgIpc) is 3.32. The number of Topliss-reactive ketones (excluding diaryl/α,β-unsaturated/α-hetero) is 1. The van der Waals surface area contributed by atoms with Gasteiger partial charge in [0.15, 0.2) is 5.78 Å². The van der Waals surface area contributed by atoms with Crippen LogP contribution in [0.25, 0.3) is 0 Å². The summed E-state index contributed by atoms with van der Waals surface area (Å²) in [5, 5.41) is 10.5. The van der Waals surface area contributed by atoms with Gasteiger partial charge in [0.1, 0.15) is 24.2 Å². The van der Waals surface area contributed by atoms with Crippen LogP contribution in [0.4, 0.5) is 0 Å².